The molecular formula is C14H23N3O4S. The molecule has 1 aliphatic rings. The molecule has 0 aliphatic carbocycles. The number of hydrogen-bond acceptors (Lipinski definition) is 5. The number of carbonyl (C=O) groups excluding carboxylic acids is 1. The van der Waals surface area contributed by atoms with Gasteiger partial charge in [-0.25, -0.2) is 8.42 Å². The van der Waals surface area contributed by atoms with E-state index >= 15 is 0 Å². The molecule has 1 fully saturated rings. The maximum atomic E-state index is 12.7. The van der Waals surface area contributed by atoms with Crippen molar-refractivity contribution >= 4 is 15.9 Å². The Morgan fingerprint density at radius 1 is 1.32 bits per heavy atom. The van der Waals surface area contributed by atoms with Crippen LogP contribution < -0.4 is 5.32 Å². The smallest absolute Gasteiger partial charge is 0.248 e. The van der Waals surface area contributed by atoms with Crippen molar-refractivity contribution in [2.75, 3.05) is 13.1 Å². The van der Waals surface area contributed by atoms with Crippen LogP contribution in [0.3, 0.4) is 0 Å². The number of amides is 1. The molecule has 1 aliphatic heterocycles. The van der Waals surface area contributed by atoms with E-state index in [0.717, 1.165) is 0 Å². The molecule has 0 saturated carbocycles. The second-order valence-electron chi connectivity index (χ2n) is 5.99. The summed E-state index contributed by atoms with van der Waals surface area (Å²) in [5, 5.41) is 6.59. The molecule has 0 bridgehead atoms. The number of aryl methyl sites for hydroxylation is 2. The summed E-state index contributed by atoms with van der Waals surface area (Å²) in [6, 6.07) is 0.0940. The third-order valence-corrected chi connectivity index (χ3v) is 5.97. The predicted octanol–water partition coefficient (Wildman–Crippen LogP) is 1.22. The Morgan fingerprint density at radius 3 is 2.36 bits per heavy atom. The molecule has 0 aromatic carbocycles. The van der Waals surface area contributed by atoms with Gasteiger partial charge in [0.05, 0.1) is 0 Å². The summed E-state index contributed by atoms with van der Waals surface area (Å²) in [7, 11) is -3.61. The lowest BCUT2D eigenvalue weighted by atomic mass is 9.97. The summed E-state index contributed by atoms with van der Waals surface area (Å²) < 4.78 is 31.7. The molecule has 1 aromatic rings. The lowest BCUT2D eigenvalue weighted by molar-refractivity contribution is -0.126. The van der Waals surface area contributed by atoms with Gasteiger partial charge >= 0.3 is 0 Å². The van der Waals surface area contributed by atoms with Crippen LogP contribution in [0.5, 0.6) is 0 Å². The number of nitrogens with zero attached hydrogens (tertiary/aromatic N) is 2. The first-order valence-corrected chi connectivity index (χ1v) is 8.91. The SMILES string of the molecule is Cc1noc(C)c1S(=O)(=O)N1CCC(C(=O)NC(C)C)CC1. The minimum absolute atomic E-state index is 0.00406. The fraction of sp³-hybridized carbons (Fsp3) is 0.714. The molecule has 0 spiro atoms. The van der Waals surface area contributed by atoms with Crippen LogP contribution >= 0.6 is 0 Å². The fourth-order valence-corrected chi connectivity index (χ4v) is 4.49. The normalized spacial score (nSPS) is 17.9. The molecule has 2 rings (SSSR count). The maximum absolute atomic E-state index is 12.7. The Bertz CT molecular complexity index is 624. The van der Waals surface area contributed by atoms with Gasteiger partial charge < -0.3 is 9.84 Å². The van der Waals surface area contributed by atoms with Gasteiger partial charge in [-0.1, -0.05) is 5.16 Å². The highest BCUT2D eigenvalue weighted by Gasteiger charge is 2.35. The number of aromatic nitrogens is 1. The van der Waals surface area contributed by atoms with Gasteiger partial charge in [-0.05, 0) is 40.5 Å². The molecule has 1 amide bonds. The van der Waals surface area contributed by atoms with E-state index in [1.165, 1.54) is 4.31 Å². The van der Waals surface area contributed by atoms with Crippen LogP contribution in [-0.2, 0) is 14.8 Å². The largest absolute Gasteiger partial charge is 0.360 e. The molecule has 8 heteroatoms. The summed E-state index contributed by atoms with van der Waals surface area (Å²) in [6.45, 7) is 7.71. The summed E-state index contributed by atoms with van der Waals surface area (Å²) in [4.78, 5) is 12.1. The maximum Gasteiger partial charge on any atom is 0.248 e. The third kappa shape index (κ3) is 3.33. The first kappa shape index (κ1) is 17.0. The van der Waals surface area contributed by atoms with Gasteiger partial charge in [0.15, 0.2) is 5.76 Å². The van der Waals surface area contributed by atoms with E-state index in [0.29, 0.717) is 37.4 Å². The van der Waals surface area contributed by atoms with Crippen LogP contribution in [0.4, 0.5) is 0 Å². The molecule has 0 atom stereocenters. The summed E-state index contributed by atoms with van der Waals surface area (Å²) >= 11 is 0. The molecule has 1 saturated heterocycles. The fourth-order valence-electron chi connectivity index (χ4n) is 2.73. The standard InChI is InChI=1S/C14H23N3O4S/c1-9(2)15-14(18)12-5-7-17(8-6-12)22(19,20)13-10(3)16-21-11(13)4/h9,12H,5-8H2,1-4H3,(H,15,18). The molecule has 22 heavy (non-hydrogen) atoms. The number of piperidine rings is 1. The van der Waals surface area contributed by atoms with Crippen LogP contribution in [0.15, 0.2) is 9.42 Å². The van der Waals surface area contributed by atoms with Gasteiger partial charge in [0.25, 0.3) is 0 Å². The first-order valence-electron chi connectivity index (χ1n) is 7.47. The van der Waals surface area contributed by atoms with Crippen molar-refractivity contribution in [2.24, 2.45) is 5.92 Å². The second-order valence-corrected chi connectivity index (χ2v) is 7.87. The van der Waals surface area contributed by atoms with E-state index in [2.05, 4.69) is 10.5 Å². The third-order valence-electron chi connectivity index (χ3n) is 3.82. The minimum Gasteiger partial charge on any atom is -0.360 e. The first-order chi connectivity index (χ1) is 10.2. The van der Waals surface area contributed by atoms with Crippen molar-refractivity contribution in [3.63, 3.8) is 0 Å². The quantitative estimate of drug-likeness (QED) is 0.896. The van der Waals surface area contributed by atoms with Crippen molar-refractivity contribution in [3.05, 3.63) is 11.5 Å². The van der Waals surface area contributed by atoms with Gasteiger partial charge in [-0.3, -0.25) is 4.79 Å². The Labute approximate surface area is 131 Å². The molecule has 1 aromatic heterocycles. The van der Waals surface area contributed by atoms with E-state index in [4.69, 9.17) is 4.52 Å². The molecule has 1 N–H and O–H groups in total. The van der Waals surface area contributed by atoms with E-state index in [-0.39, 0.29) is 22.8 Å². The Kier molecular flexibility index (Phi) is 4.91. The Morgan fingerprint density at radius 2 is 1.91 bits per heavy atom. The van der Waals surface area contributed by atoms with E-state index in [1.807, 2.05) is 13.8 Å². The van der Waals surface area contributed by atoms with Gasteiger partial charge in [0.2, 0.25) is 15.9 Å². The Hall–Kier alpha value is -1.41. The molecular weight excluding hydrogens is 306 g/mol. The topological polar surface area (TPSA) is 92.5 Å². The predicted molar refractivity (Wildman–Crippen MR) is 80.7 cm³/mol. The number of nitrogens with one attached hydrogen (secondary N) is 1. The van der Waals surface area contributed by atoms with E-state index in [1.54, 1.807) is 13.8 Å². The lowest BCUT2D eigenvalue weighted by Gasteiger charge is -2.30. The Balaban J connectivity index is 2.07. The van der Waals surface area contributed by atoms with Gasteiger partial charge in [0.1, 0.15) is 10.6 Å². The van der Waals surface area contributed by atoms with Crippen LogP contribution in [0, 0.1) is 19.8 Å². The highest BCUT2D eigenvalue weighted by atomic mass is 32.2. The summed E-state index contributed by atoms with van der Waals surface area (Å²) in [5.41, 5.74) is 0.372. The average Bonchev–Trinajstić information content (AvgIpc) is 2.78. The van der Waals surface area contributed by atoms with Crippen LogP contribution in [-0.4, -0.2) is 42.9 Å². The highest BCUT2D eigenvalue weighted by molar-refractivity contribution is 7.89. The zero-order valence-electron chi connectivity index (χ0n) is 13.4. The van der Waals surface area contributed by atoms with Crippen LogP contribution in [0.1, 0.15) is 38.1 Å². The monoisotopic (exact) mass is 329 g/mol. The summed E-state index contributed by atoms with van der Waals surface area (Å²) in [6.07, 6.45) is 1.06. The molecule has 7 nitrogen and oxygen atoms in total. The number of rotatable bonds is 4. The number of carbonyl (C=O) groups is 1. The molecule has 0 radical (unpaired) electrons. The second kappa shape index (κ2) is 6.37. The zero-order valence-corrected chi connectivity index (χ0v) is 14.2. The van der Waals surface area contributed by atoms with Gasteiger partial charge in [-0.15, -0.1) is 0 Å². The van der Waals surface area contributed by atoms with Crippen molar-refractivity contribution in [1.82, 2.24) is 14.8 Å². The summed E-state index contributed by atoms with van der Waals surface area (Å²) in [5.74, 6) is 0.181. The van der Waals surface area contributed by atoms with Crippen LogP contribution in [0.2, 0.25) is 0 Å². The lowest BCUT2D eigenvalue weighted by Crippen LogP contribution is -2.44. The molecule has 0 unspecified atom stereocenters. The van der Waals surface area contributed by atoms with Crippen molar-refractivity contribution in [2.45, 2.75) is 51.5 Å². The van der Waals surface area contributed by atoms with E-state index < -0.39 is 10.0 Å². The average molecular weight is 329 g/mol. The van der Waals surface area contributed by atoms with E-state index in [9.17, 15) is 13.2 Å². The van der Waals surface area contributed by atoms with Crippen molar-refractivity contribution < 1.29 is 17.7 Å². The number of sulfonamides is 1. The van der Waals surface area contributed by atoms with Crippen molar-refractivity contribution in [1.29, 1.82) is 0 Å². The minimum atomic E-state index is -3.61. The van der Waals surface area contributed by atoms with Crippen molar-refractivity contribution in [3.8, 4) is 0 Å². The van der Waals surface area contributed by atoms with Gasteiger partial charge in [-0.2, -0.15) is 4.31 Å². The van der Waals surface area contributed by atoms with Crippen LogP contribution in [0.25, 0.3) is 0 Å². The zero-order chi connectivity index (χ0) is 16.5. The number of hydrogen-bond donors (Lipinski definition) is 1. The molecule has 124 valence electrons. The highest BCUT2D eigenvalue weighted by Crippen LogP contribution is 2.27. The van der Waals surface area contributed by atoms with Gasteiger partial charge in [0, 0.05) is 25.0 Å². The molecule has 2 heterocycles.